The maximum atomic E-state index is 13.2. The molecule has 0 aromatic heterocycles. The fourth-order valence-corrected chi connectivity index (χ4v) is 5.48. The molecular formula is C27H33NO4. The predicted molar refractivity (Wildman–Crippen MR) is 125 cm³/mol. The Bertz CT molecular complexity index is 903. The number of fused-ring (bicyclic) bond motifs is 3. The van der Waals surface area contributed by atoms with Crippen molar-refractivity contribution in [3.63, 3.8) is 0 Å². The molecule has 2 aliphatic rings. The molecule has 32 heavy (non-hydrogen) atoms. The van der Waals surface area contributed by atoms with Crippen LogP contribution in [0, 0.1) is 5.92 Å². The first-order valence-corrected chi connectivity index (χ1v) is 12.0. The average Bonchev–Trinajstić information content (AvgIpc) is 2.92. The van der Waals surface area contributed by atoms with Crippen LogP contribution in [0.2, 0.25) is 0 Å². The van der Waals surface area contributed by atoms with Crippen molar-refractivity contribution in [3.05, 3.63) is 59.7 Å². The number of hydrogen-bond donors (Lipinski definition) is 1. The number of carbonyl (C=O) groups is 2. The molecule has 0 radical (unpaired) electrons. The van der Waals surface area contributed by atoms with Crippen LogP contribution < -0.4 is 0 Å². The summed E-state index contributed by atoms with van der Waals surface area (Å²) < 4.78 is 5.83. The van der Waals surface area contributed by atoms with E-state index in [4.69, 9.17) is 4.74 Å². The van der Waals surface area contributed by atoms with Gasteiger partial charge in [-0.25, -0.2) is 9.59 Å². The molecule has 0 spiro atoms. The Kier molecular flexibility index (Phi) is 7.13. The molecular weight excluding hydrogens is 402 g/mol. The Labute approximate surface area is 190 Å². The first-order chi connectivity index (χ1) is 15.6. The smallest absolute Gasteiger partial charge is 0.410 e. The largest absolute Gasteiger partial charge is 0.480 e. The second-order valence-corrected chi connectivity index (χ2v) is 9.03. The van der Waals surface area contributed by atoms with Crippen LogP contribution in [0.4, 0.5) is 4.79 Å². The van der Waals surface area contributed by atoms with Gasteiger partial charge in [-0.15, -0.1) is 0 Å². The fourth-order valence-electron chi connectivity index (χ4n) is 5.48. The molecule has 2 aliphatic carbocycles. The number of carboxylic acid groups (broad SMARTS) is 1. The predicted octanol–water partition coefficient (Wildman–Crippen LogP) is 6.07. The highest BCUT2D eigenvalue weighted by atomic mass is 16.6. The Morgan fingerprint density at radius 3 is 2.06 bits per heavy atom. The van der Waals surface area contributed by atoms with Gasteiger partial charge in [0, 0.05) is 12.5 Å². The number of carboxylic acids is 1. The summed E-state index contributed by atoms with van der Waals surface area (Å²) in [5.74, 6) is -0.961. The number of ether oxygens (including phenoxy) is 1. The SMILES string of the molecule is CCCN(C(=O)OCC1c2ccccc2-c2ccccc21)C(C(=O)O)C1CCCCCC1. The lowest BCUT2D eigenvalue weighted by Gasteiger charge is -2.33. The Balaban J connectivity index is 1.53. The molecule has 4 rings (SSSR count). The van der Waals surface area contributed by atoms with E-state index >= 15 is 0 Å². The van der Waals surface area contributed by atoms with Crippen molar-refractivity contribution in [3.8, 4) is 11.1 Å². The van der Waals surface area contributed by atoms with Crippen LogP contribution in [0.5, 0.6) is 0 Å². The lowest BCUT2D eigenvalue weighted by Crippen LogP contribution is -2.50. The maximum Gasteiger partial charge on any atom is 0.410 e. The van der Waals surface area contributed by atoms with Gasteiger partial charge >= 0.3 is 12.1 Å². The van der Waals surface area contributed by atoms with Crippen molar-refractivity contribution < 1.29 is 19.4 Å². The topological polar surface area (TPSA) is 66.8 Å². The van der Waals surface area contributed by atoms with Crippen molar-refractivity contribution in [1.82, 2.24) is 4.90 Å². The van der Waals surface area contributed by atoms with Gasteiger partial charge in [0.2, 0.25) is 0 Å². The van der Waals surface area contributed by atoms with E-state index < -0.39 is 18.1 Å². The first-order valence-electron chi connectivity index (χ1n) is 12.0. The van der Waals surface area contributed by atoms with Crippen molar-refractivity contribution >= 4 is 12.1 Å². The summed E-state index contributed by atoms with van der Waals surface area (Å²) in [6.07, 6.45) is 6.23. The van der Waals surface area contributed by atoms with Crippen LogP contribution in [0.15, 0.2) is 48.5 Å². The van der Waals surface area contributed by atoms with Gasteiger partial charge < -0.3 is 9.84 Å². The highest BCUT2D eigenvalue weighted by molar-refractivity contribution is 5.81. The molecule has 2 aromatic carbocycles. The fraction of sp³-hybridized carbons (Fsp3) is 0.481. The van der Waals surface area contributed by atoms with Gasteiger partial charge in [0.1, 0.15) is 12.6 Å². The van der Waals surface area contributed by atoms with Gasteiger partial charge in [0.25, 0.3) is 0 Å². The Morgan fingerprint density at radius 2 is 1.53 bits per heavy atom. The summed E-state index contributed by atoms with van der Waals surface area (Å²) in [5.41, 5.74) is 4.66. The monoisotopic (exact) mass is 435 g/mol. The third-order valence-electron chi connectivity index (χ3n) is 6.97. The van der Waals surface area contributed by atoms with Crippen molar-refractivity contribution in [2.75, 3.05) is 13.2 Å². The molecule has 1 saturated carbocycles. The molecule has 5 heteroatoms. The number of carbonyl (C=O) groups excluding carboxylic acids is 1. The standard InChI is InChI=1S/C27H33NO4/c1-2-17-28(25(26(29)30)19-11-5-3-4-6-12-19)27(31)32-18-24-22-15-9-7-13-20(22)21-14-8-10-16-23(21)24/h7-10,13-16,19,24-25H,2-6,11-12,17-18H2,1H3,(H,29,30). The third-order valence-corrected chi connectivity index (χ3v) is 6.97. The Morgan fingerprint density at radius 1 is 0.969 bits per heavy atom. The lowest BCUT2D eigenvalue weighted by atomic mass is 9.90. The molecule has 0 heterocycles. The molecule has 0 aliphatic heterocycles. The van der Waals surface area contributed by atoms with Crippen molar-refractivity contribution in [1.29, 1.82) is 0 Å². The van der Waals surface area contributed by atoms with Crippen LogP contribution in [0.1, 0.15) is 68.9 Å². The van der Waals surface area contributed by atoms with E-state index in [-0.39, 0.29) is 18.4 Å². The van der Waals surface area contributed by atoms with E-state index in [1.165, 1.54) is 16.0 Å². The summed E-state index contributed by atoms with van der Waals surface area (Å²) >= 11 is 0. The number of nitrogens with zero attached hydrogens (tertiary/aromatic N) is 1. The molecule has 1 fully saturated rings. The molecule has 0 bridgehead atoms. The maximum absolute atomic E-state index is 13.2. The Hall–Kier alpha value is -2.82. The zero-order valence-corrected chi connectivity index (χ0v) is 18.8. The molecule has 2 aromatic rings. The van der Waals surface area contributed by atoms with E-state index in [1.807, 2.05) is 31.2 Å². The molecule has 1 N–H and O–H groups in total. The second-order valence-electron chi connectivity index (χ2n) is 9.03. The van der Waals surface area contributed by atoms with Gasteiger partial charge in [-0.2, -0.15) is 0 Å². The summed E-state index contributed by atoms with van der Waals surface area (Å²) in [4.78, 5) is 27.0. The summed E-state index contributed by atoms with van der Waals surface area (Å²) in [6.45, 7) is 2.57. The third kappa shape index (κ3) is 4.52. The van der Waals surface area contributed by atoms with Gasteiger partial charge in [-0.3, -0.25) is 4.90 Å². The molecule has 1 amide bonds. The van der Waals surface area contributed by atoms with Crippen molar-refractivity contribution in [2.45, 2.75) is 63.8 Å². The molecule has 5 nitrogen and oxygen atoms in total. The molecule has 170 valence electrons. The summed E-state index contributed by atoms with van der Waals surface area (Å²) in [6, 6.07) is 15.6. The van der Waals surface area contributed by atoms with Gasteiger partial charge in [0.15, 0.2) is 0 Å². The molecule has 0 saturated heterocycles. The van der Waals surface area contributed by atoms with Crippen LogP contribution in [0.3, 0.4) is 0 Å². The van der Waals surface area contributed by atoms with E-state index in [0.29, 0.717) is 13.0 Å². The van der Waals surface area contributed by atoms with E-state index in [9.17, 15) is 14.7 Å². The van der Waals surface area contributed by atoms with E-state index in [2.05, 4.69) is 24.3 Å². The quantitative estimate of drug-likeness (QED) is 0.536. The number of amides is 1. The van der Waals surface area contributed by atoms with E-state index in [0.717, 1.165) is 49.7 Å². The zero-order chi connectivity index (χ0) is 22.5. The van der Waals surface area contributed by atoms with Crippen LogP contribution in [0.25, 0.3) is 11.1 Å². The highest BCUT2D eigenvalue weighted by Gasteiger charge is 2.38. The highest BCUT2D eigenvalue weighted by Crippen LogP contribution is 2.44. The lowest BCUT2D eigenvalue weighted by molar-refractivity contribution is -0.145. The van der Waals surface area contributed by atoms with Crippen molar-refractivity contribution in [2.24, 2.45) is 5.92 Å². The average molecular weight is 436 g/mol. The van der Waals surface area contributed by atoms with Crippen LogP contribution in [-0.2, 0) is 9.53 Å². The summed E-state index contributed by atoms with van der Waals surface area (Å²) in [5, 5.41) is 10.1. The number of rotatable bonds is 7. The normalized spacial score (nSPS) is 17.2. The minimum absolute atomic E-state index is 0.0120. The van der Waals surface area contributed by atoms with Gasteiger partial charge in [0.05, 0.1) is 0 Å². The first kappa shape index (κ1) is 22.4. The van der Waals surface area contributed by atoms with Crippen LogP contribution in [-0.4, -0.2) is 41.3 Å². The number of benzene rings is 2. The van der Waals surface area contributed by atoms with Gasteiger partial charge in [-0.05, 0) is 47.4 Å². The molecule has 1 unspecified atom stereocenters. The zero-order valence-electron chi connectivity index (χ0n) is 18.8. The minimum atomic E-state index is -0.918. The number of hydrogen-bond acceptors (Lipinski definition) is 3. The molecule has 1 atom stereocenters. The number of aliphatic carboxylic acids is 1. The summed E-state index contributed by atoms with van der Waals surface area (Å²) in [7, 11) is 0. The van der Waals surface area contributed by atoms with Crippen LogP contribution >= 0.6 is 0 Å². The second kappa shape index (κ2) is 10.2. The van der Waals surface area contributed by atoms with E-state index in [1.54, 1.807) is 0 Å². The van der Waals surface area contributed by atoms with Gasteiger partial charge in [-0.1, -0.05) is 81.1 Å². The minimum Gasteiger partial charge on any atom is -0.480 e.